The summed E-state index contributed by atoms with van der Waals surface area (Å²) in [5, 5.41) is 2.59. The van der Waals surface area contributed by atoms with Gasteiger partial charge in [0.2, 0.25) is 11.8 Å². The minimum atomic E-state index is -0.411. The number of hydrogen-bond donors (Lipinski definition) is 2. The van der Waals surface area contributed by atoms with Crippen LogP contribution in [0.1, 0.15) is 27.2 Å². The summed E-state index contributed by atoms with van der Waals surface area (Å²) in [4.78, 5) is 27.3. The van der Waals surface area contributed by atoms with E-state index in [-0.39, 0.29) is 24.2 Å². The lowest BCUT2D eigenvalue weighted by Crippen LogP contribution is -2.37. The van der Waals surface area contributed by atoms with Crippen molar-refractivity contribution in [2.24, 2.45) is 5.92 Å². The molecule has 0 bridgehead atoms. The van der Waals surface area contributed by atoms with Gasteiger partial charge in [0.1, 0.15) is 0 Å². The quantitative estimate of drug-likeness (QED) is 0.615. The van der Waals surface area contributed by atoms with Gasteiger partial charge in [-0.25, -0.2) is 5.48 Å². The highest BCUT2D eigenvalue weighted by Gasteiger charge is 2.28. The molecule has 5 nitrogen and oxygen atoms in total. The first kappa shape index (κ1) is 11.0. The van der Waals surface area contributed by atoms with Crippen molar-refractivity contribution >= 4 is 11.8 Å². The van der Waals surface area contributed by atoms with Crippen LogP contribution in [0.2, 0.25) is 0 Å². The second kappa shape index (κ2) is 3.96. The third-order valence-corrected chi connectivity index (χ3v) is 1.81. The van der Waals surface area contributed by atoms with Crippen LogP contribution in [-0.4, -0.2) is 24.0 Å². The summed E-state index contributed by atoms with van der Waals surface area (Å²) < 4.78 is 0. The van der Waals surface area contributed by atoms with Gasteiger partial charge in [-0.15, -0.1) is 0 Å². The van der Waals surface area contributed by atoms with Crippen LogP contribution in [0.3, 0.4) is 0 Å². The summed E-state index contributed by atoms with van der Waals surface area (Å²) in [5.41, 5.74) is 1.94. The molecule has 14 heavy (non-hydrogen) atoms. The van der Waals surface area contributed by atoms with Crippen molar-refractivity contribution < 1.29 is 14.4 Å². The summed E-state index contributed by atoms with van der Waals surface area (Å²) in [6, 6.07) is 0. The summed E-state index contributed by atoms with van der Waals surface area (Å²) in [5.74, 6) is -0.621. The van der Waals surface area contributed by atoms with E-state index in [2.05, 4.69) is 10.8 Å². The van der Waals surface area contributed by atoms with E-state index >= 15 is 0 Å². The lowest BCUT2D eigenvalue weighted by Gasteiger charge is -2.20. The van der Waals surface area contributed by atoms with E-state index in [0.717, 1.165) is 0 Å². The van der Waals surface area contributed by atoms with Crippen LogP contribution in [0.15, 0.2) is 0 Å². The molecule has 2 N–H and O–H groups in total. The van der Waals surface area contributed by atoms with Crippen molar-refractivity contribution in [3.63, 3.8) is 0 Å². The van der Waals surface area contributed by atoms with E-state index in [4.69, 9.17) is 4.84 Å². The molecule has 0 aromatic rings. The largest absolute Gasteiger partial charge is 0.355 e. The predicted octanol–water partition coefficient (Wildman–Crippen LogP) is -0.0312. The lowest BCUT2D eigenvalue weighted by atomic mass is 10.1. The fourth-order valence-electron chi connectivity index (χ4n) is 1.08. The summed E-state index contributed by atoms with van der Waals surface area (Å²) >= 11 is 0. The highest BCUT2D eigenvalue weighted by molar-refractivity contribution is 5.88. The standard InChI is InChI=1S/C9H16N2O3/c1-9(2,3)14-11-8(13)6-4-7(12)10-5-6/h6H,4-5H2,1-3H3,(H,10,12)(H,11,13). The third kappa shape index (κ3) is 3.33. The topological polar surface area (TPSA) is 67.4 Å². The molecular formula is C9H16N2O3. The highest BCUT2D eigenvalue weighted by atomic mass is 16.7. The number of hydrogen-bond acceptors (Lipinski definition) is 3. The Kier molecular flexibility index (Phi) is 3.10. The Hall–Kier alpha value is -1.10. The SMILES string of the molecule is CC(C)(C)ONC(=O)C1CNC(=O)C1. The molecule has 1 atom stereocenters. The van der Waals surface area contributed by atoms with Crippen LogP contribution in [0.25, 0.3) is 0 Å². The van der Waals surface area contributed by atoms with E-state index < -0.39 is 5.60 Å². The average Bonchev–Trinajstić information content (AvgIpc) is 2.46. The molecule has 5 heteroatoms. The third-order valence-electron chi connectivity index (χ3n) is 1.81. The van der Waals surface area contributed by atoms with Crippen LogP contribution >= 0.6 is 0 Å². The molecule has 0 aliphatic carbocycles. The van der Waals surface area contributed by atoms with Crippen LogP contribution in [0, 0.1) is 5.92 Å². The number of amides is 2. The molecule has 2 amide bonds. The minimum absolute atomic E-state index is 0.0825. The lowest BCUT2D eigenvalue weighted by molar-refractivity contribution is -0.149. The molecule has 1 heterocycles. The number of hydroxylamine groups is 1. The van der Waals surface area contributed by atoms with Crippen molar-refractivity contribution in [1.82, 2.24) is 10.8 Å². The molecule has 0 spiro atoms. The normalized spacial score (nSPS) is 21.9. The van der Waals surface area contributed by atoms with E-state index in [1.807, 2.05) is 20.8 Å². The van der Waals surface area contributed by atoms with Gasteiger partial charge in [-0.05, 0) is 20.8 Å². The molecular weight excluding hydrogens is 184 g/mol. The van der Waals surface area contributed by atoms with Gasteiger partial charge in [-0.2, -0.15) is 0 Å². The molecule has 1 fully saturated rings. The Morgan fingerprint density at radius 1 is 1.57 bits per heavy atom. The minimum Gasteiger partial charge on any atom is -0.355 e. The van der Waals surface area contributed by atoms with Gasteiger partial charge in [0.05, 0.1) is 11.5 Å². The first-order chi connectivity index (χ1) is 6.38. The first-order valence-corrected chi connectivity index (χ1v) is 4.63. The second-order valence-corrected chi connectivity index (χ2v) is 4.39. The molecule has 1 aliphatic heterocycles. The van der Waals surface area contributed by atoms with Crippen molar-refractivity contribution in [3.05, 3.63) is 0 Å². The van der Waals surface area contributed by atoms with Crippen molar-refractivity contribution in [2.45, 2.75) is 32.8 Å². The molecule has 0 radical (unpaired) electrons. The van der Waals surface area contributed by atoms with Gasteiger partial charge in [-0.1, -0.05) is 0 Å². The maximum absolute atomic E-state index is 11.4. The number of carbonyl (C=O) groups is 2. The number of nitrogens with one attached hydrogen (secondary N) is 2. The Labute approximate surface area is 83.1 Å². The molecule has 1 aliphatic rings. The molecule has 0 aromatic carbocycles. The fourth-order valence-corrected chi connectivity index (χ4v) is 1.08. The number of rotatable bonds is 2. The molecule has 0 saturated carbocycles. The van der Waals surface area contributed by atoms with E-state index in [1.165, 1.54) is 0 Å². The zero-order valence-electron chi connectivity index (χ0n) is 8.72. The van der Waals surface area contributed by atoms with Gasteiger partial charge >= 0.3 is 0 Å². The van der Waals surface area contributed by atoms with Crippen molar-refractivity contribution in [3.8, 4) is 0 Å². The maximum Gasteiger partial charge on any atom is 0.248 e. The first-order valence-electron chi connectivity index (χ1n) is 4.63. The Morgan fingerprint density at radius 2 is 2.21 bits per heavy atom. The van der Waals surface area contributed by atoms with Gasteiger partial charge in [0.25, 0.3) is 0 Å². The Bertz CT molecular complexity index is 245. The molecule has 0 aromatic heterocycles. The number of carbonyl (C=O) groups excluding carboxylic acids is 2. The van der Waals surface area contributed by atoms with E-state index in [0.29, 0.717) is 6.54 Å². The van der Waals surface area contributed by atoms with Crippen molar-refractivity contribution in [2.75, 3.05) is 6.54 Å². The fraction of sp³-hybridized carbons (Fsp3) is 0.778. The van der Waals surface area contributed by atoms with Gasteiger partial charge in [0, 0.05) is 13.0 Å². The highest BCUT2D eigenvalue weighted by Crippen LogP contribution is 2.10. The maximum atomic E-state index is 11.4. The Morgan fingerprint density at radius 3 is 2.64 bits per heavy atom. The smallest absolute Gasteiger partial charge is 0.248 e. The molecule has 80 valence electrons. The second-order valence-electron chi connectivity index (χ2n) is 4.39. The van der Waals surface area contributed by atoms with Gasteiger partial charge in [0.15, 0.2) is 0 Å². The summed E-state index contributed by atoms with van der Waals surface area (Å²) in [6.45, 7) is 5.92. The van der Waals surface area contributed by atoms with E-state index in [1.54, 1.807) is 0 Å². The van der Waals surface area contributed by atoms with Crippen LogP contribution in [0.5, 0.6) is 0 Å². The van der Waals surface area contributed by atoms with Crippen LogP contribution in [0.4, 0.5) is 0 Å². The average molecular weight is 200 g/mol. The predicted molar refractivity (Wildman–Crippen MR) is 50.1 cm³/mol. The van der Waals surface area contributed by atoms with Crippen molar-refractivity contribution in [1.29, 1.82) is 0 Å². The Balaban J connectivity index is 2.32. The summed E-state index contributed by atoms with van der Waals surface area (Å²) in [6.07, 6.45) is 0.249. The van der Waals surface area contributed by atoms with Gasteiger partial charge < -0.3 is 5.32 Å². The monoisotopic (exact) mass is 200 g/mol. The zero-order chi connectivity index (χ0) is 10.8. The molecule has 1 saturated heterocycles. The molecule has 1 rings (SSSR count). The zero-order valence-corrected chi connectivity index (χ0v) is 8.72. The van der Waals surface area contributed by atoms with E-state index in [9.17, 15) is 9.59 Å². The summed E-state index contributed by atoms with van der Waals surface area (Å²) in [7, 11) is 0. The van der Waals surface area contributed by atoms with Crippen LogP contribution in [-0.2, 0) is 14.4 Å². The molecule has 1 unspecified atom stereocenters. The van der Waals surface area contributed by atoms with Crippen LogP contribution < -0.4 is 10.8 Å². The van der Waals surface area contributed by atoms with Gasteiger partial charge in [-0.3, -0.25) is 14.4 Å².